The van der Waals surface area contributed by atoms with Crippen molar-refractivity contribution in [1.82, 2.24) is 4.98 Å². The summed E-state index contributed by atoms with van der Waals surface area (Å²) in [5, 5.41) is 5.13. The summed E-state index contributed by atoms with van der Waals surface area (Å²) in [6.07, 6.45) is 6.99. The van der Waals surface area contributed by atoms with E-state index in [2.05, 4.69) is 16.2 Å². The van der Waals surface area contributed by atoms with Gasteiger partial charge in [0.2, 0.25) is 0 Å². The summed E-state index contributed by atoms with van der Waals surface area (Å²) >= 11 is 0. The lowest BCUT2D eigenvalue weighted by Gasteiger charge is -2.19. The van der Waals surface area contributed by atoms with Crippen LogP contribution >= 0.6 is 0 Å². The number of hydrogen-bond acceptors (Lipinski definition) is 4. The predicted octanol–water partition coefficient (Wildman–Crippen LogP) is 2.05. The van der Waals surface area contributed by atoms with Crippen LogP contribution in [0.3, 0.4) is 0 Å². The molecule has 0 fully saturated rings. The highest BCUT2D eigenvalue weighted by Gasteiger charge is 2.14. The minimum Gasteiger partial charge on any atom is -0.486 e. The minimum absolute atomic E-state index is 0.445. The topological polar surface area (TPSA) is 43.4 Å². The standard InChI is InChI=1S/C14H12N2O2/c1-2-4-15-14-11-9-13-12(17-6-7-18-13)8-10(11)3-5-16-14/h1,3,5,8-9H,4,6-7H2,(H,15,16). The second-order valence-electron chi connectivity index (χ2n) is 3.93. The molecule has 1 aromatic carbocycles. The van der Waals surface area contributed by atoms with Crippen LogP contribution in [-0.4, -0.2) is 24.7 Å². The maximum absolute atomic E-state index is 5.57. The molecule has 1 aromatic heterocycles. The molecule has 4 heteroatoms. The zero-order chi connectivity index (χ0) is 12.4. The van der Waals surface area contributed by atoms with E-state index >= 15 is 0 Å². The van der Waals surface area contributed by atoms with Gasteiger partial charge in [-0.15, -0.1) is 6.42 Å². The Balaban J connectivity index is 2.12. The van der Waals surface area contributed by atoms with Crippen molar-refractivity contribution in [3.8, 4) is 23.8 Å². The van der Waals surface area contributed by atoms with E-state index in [0.29, 0.717) is 19.8 Å². The highest BCUT2D eigenvalue weighted by molar-refractivity contribution is 5.94. The van der Waals surface area contributed by atoms with Crippen LogP contribution in [0.1, 0.15) is 0 Å². The lowest BCUT2D eigenvalue weighted by Crippen LogP contribution is -2.15. The van der Waals surface area contributed by atoms with Crippen LogP contribution in [0, 0.1) is 12.3 Å². The largest absolute Gasteiger partial charge is 0.486 e. The van der Waals surface area contributed by atoms with Gasteiger partial charge in [-0.1, -0.05) is 5.92 Å². The number of fused-ring (bicyclic) bond motifs is 2. The van der Waals surface area contributed by atoms with Gasteiger partial charge in [-0.25, -0.2) is 4.98 Å². The number of terminal acetylenes is 1. The van der Waals surface area contributed by atoms with Gasteiger partial charge >= 0.3 is 0 Å². The van der Waals surface area contributed by atoms with Gasteiger partial charge in [0.25, 0.3) is 0 Å². The molecule has 0 radical (unpaired) electrons. The van der Waals surface area contributed by atoms with E-state index in [4.69, 9.17) is 15.9 Å². The second kappa shape index (κ2) is 4.46. The number of ether oxygens (including phenoxy) is 2. The van der Waals surface area contributed by atoms with Crippen LogP contribution in [0.4, 0.5) is 5.82 Å². The first-order valence-corrected chi connectivity index (χ1v) is 5.74. The summed E-state index contributed by atoms with van der Waals surface area (Å²) in [5.41, 5.74) is 0. The number of nitrogens with one attached hydrogen (secondary N) is 1. The van der Waals surface area contributed by atoms with E-state index in [0.717, 1.165) is 28.1 Å². The molecule has 0 amide bonds. The van der Waals surface area contributed by atoms with Gasteiger partial charge in [0.15, 0.2) is 11.5 Å². The smallest absolute Gasteiger partial charge is 0.162 e. The molecule has 1 N–H and O–H groups in total. The van der Waals surface area contributed by atoms with E-state index in [-0.39, 0.29) is 0 Å². The fourth-order valence-corrected chi connectivity index (χ4v) is 1.98. The van der Waals surface area contributed by atoms with Crippen molar-refractivity contribution < 1.29 is 9.47 Å². The average Bonchev–Trinajstić information content (AvgIpc) is 2.43. The molecule has 90 valence electrons. The Labute approximate surface area is 105 Å². The first kappa shape index (κ1) is 10.7. The Bertz CT molecular complexity index is 631. The maximum Gasteiger partial charge on any atom is 0.162 e. The van der Waals surface area contributed by atoms with Crippen LogP contribution in [0.25, 0.3) is 10.8 Å². The molecule has 0 aliphatic carbocycles. The summed E-state index contributed by atoms with van der Waals surface area (Å²) in [5.74, 6) is 4.84. The first-order chi connectivity index (χ1) is 8.88. The van der Waals surface area contributed by atoms with E-state index in [1.54, 1.807) is 6.20 Å². The van der Waals surface area contributed by atoms with Gasteiger partial charge in [0, 0.05) is 11.6 Å². The minimum atomic E-state index is 0.445. The molecule has 2 aromatic rings. The van der Waals surface area contributed by atoms with E-state index in [1.807, 2.05) is 18.2 Å². The van der Waals surface area contributed by atoms with E-state index in [1.165, 1.54) is 0 Å². The SMILES string of the molecule is C#CCNc1nccc2cc3c(cc12)OCCO3. The summed E-state index contributed by atoms with van der Waals surface area (Å²) in [4.78, 5) is 4.29. The zero-order valence-electron chi connectivity index (χ0n) is 9.77. The van der Waals surface area contributed by atoms with Crippen molar-refractivity contribution >= 4 is 16.6 Å². The summed E-state index contributed by atoms with van der Waals surface area (Å²) in [6.45, 7) is 1.61. The quantitative estimate of drug-likeness (QED) is 0.816. The molecule has 0 spiro atoms. The summed E-state index contributed by atoms with van der Waals surface area (Å²) < 4.78 is 11.1. The number of nitrogens with zero attached hydrogens (tertiary/aromatic N) is 1. The van der Waals surface area contributed by atoms with Gasteiger partial charge in [0.05, 0.1) is 6.54 Å². The summed E-state index contributed by atoms with van der Waals surface area (Å²) in [7, 11) is 0. The number of pyridine rings is 1. The van der Waals surface area contributed by atoms with Crippen molar-refractivity contribution in [2.75, 3.05) is 25.1 Å². The molecule has 0 atom stereocenters. The monoisotopic (exact) mass is 240 g/mol. The predicted molar refractivity (Wildman–Crippen MR) is 70.1 cm³/mol. The molecular weight excluding hydrogens is 228 g/mol. The van der Waals surface area contributed by atoms with Crippen LogP contribution in [-0.2, 0) is 0 Å². The number of anilines is 1. The Hall–Kier alpha value is -2.41. The molecule has 4 nitrogen and oxygen atoms in total. The van der Waals surface area contributed by atoms with Gasteiger partial charge in [-0.2, -0.15) is 0 Å². The highest BCUT2D eigenvalue weighted by Crippen LogP contribution is 2.36. The van der Waals surface area contributed by atoms with Crippen LogP contribution in [0.15, 0.2) is 24.4 Å². The van der Waals surface area contributed by atoms with Crippen LogP contribution < -0.4 is 14.8 Å². The fraction of sp³-hybridized carbons (Fsp3) is 0.214. The molecular formula is C14H12N2O2. The van der Waals surface area contributed by atoms with Crippen molar-refractivity contribution in [3.05, 3.63) is 24.4 Å². The normalized spacial score (nSPS) is 13.1. The molecule has 0 saturated carbocycles. The van der Waals surface area contributed by atoms with Gasteiger partial charge in [-0.3, -0.25) is 0 Å². The van der Waals surface area contributed by atoms with Crippen molar-refractivity contribution in [3.63, 3.8) is 0 Å². The number of rotatable bonds is 2. The Morgan fingerprint density at radius 1 is 1.28 bits per heavy atom. The fourth-order valence-electron chi connectivity index (χ4n) is 1.98. The first-order valence-electron chi connectivity index (χ1n) is 5.74. The van der Waals surface area contributed by atoms with E-state index < -0.39 is 0 Å². The van der Waals surface area contributed by atoms with Crippen molar-refractivity contribution in [2.24, 2.45) is 0 Å². The number of hydrogen-bond donors (Lipinski definition) is 1. The Morgan fingerprint density at radius 3 is 2.83 bits per heavy atom. The third kappa shape index (κ3) is 1.80. The van der Waals surface area contributed by atoms with Gasteiger partial charge < -0.3 is 14.8 Å². The maximum atomic E-state index is 5.57. The van der Waals surface area contributed by atoms with E-state index in [9.17, 15) is 0 Å². The zero-order valence-corrected chi connectivity index (χ0v) is 9.77. The molecule has 0 bridgehead atoms. The van der Waals surface area contributed by atoms with Crippen molar-refractivity contribution in [1.29, 1.82) is 0 Å². The highest BCUT2D eigenvalue weighted by atomic mass is 16.6. The molecule has 0 saturated heterocycles. The van der Waals surface area contributed by atoms with Crippen LogP contribution in [0.2, 0.25) is 0 Å². The second-order valence-corrected chi connectivity index (χ2v) is 3.93. The molecule has 1 aliphatic rings. The molecule has 1 aliphatic heterocycles. The third-order valence-corrected chi connectivity index (χ3v) is 2.79. The molecule has 0 unspecified atom stereocenters. The van der Waals surface area contributed by atoms with Crippen LogP contribution in [0.5, 0.6) is 11.5 Å². The third-order valence-electron chi connectivity index (χ3n) is 2.79. The average molecular weight is 240 g/mol. The van der Waals surface area contributed by atoms with Gasteiger partial charge in [0.1, 0.15) is 19.0 Å². The van der Waals surface area contributed by atoms with Gasteiger partial charge in [-0.05, 0) is 23.6 Å². The lowest BCUT2D eigenvalue weighted by molar-refractivity contribution is 0.172. The Kier molecular flexibility index (Phi) is 2.66. The Morgan fingerprint density at radius 2 is 2.06 bits per heavy atom. The van der Waals surface area contributed by atoms with Crippen molar-refractivity contribution in [2.45, 2.75) is 0 Å². The molecule has 18 heavy (non-hydrogen) atoms. The molecule has 2 heterocycles. The number of benzene rings is 1. The molecule has 3 rings (SSSR count). The lowest BCUT2D eigenvalue weighted by atomic mass is 10.1. The summed E-state index contributed by atoms with van der Waals surface area (Å²) in [6, 6.07) is 5.84. The number of aromatic nitrogens is 1.